The van der Waals surface area contributed by atoms with E-state index in [1.54, 1.807) is 0 Å². The molecule has 31 heavy (non-hydrogen) atoms. The molecule has 4 rings (SSSR count). The molecule has 6 heteroatoms. The molecule has 2 aliphatic heterocycles. The van der Waals surface area contributed by atoms with Crippen molar-refractivity contribution in [3.8, 4) is 0 Å². The second-order valence-electron chi connectivity index (χ2n) is 9.27. The van der Waals surface area contributed by atoms with E-state index in [1.807, 2.05) is 23.1 Å². The lowest BCUT2D eigenvalue weighted by atomic mass is 9.94. The number of piperazine rings is 1. The molecular formula is C25H37N3O3. The van der Waals surface area contributed by atoms with Crippen molar-refractivity contribution < 1.29 is 14.3 Å². The zero-order valence-corrected chi connectivity index (χ0v) is 18.6. The third-order valence-corrected chi connectivity index (χ3v) is 7.17. The molecule has 2 heterocycles. The van der Waals surface area contributed by atoms with Crippen LogP contribution in [0.15, 0.2) is 30.3 Å². The van der Waals surface area contributed by atoms with Crippen LogP contribution < -0.4 is 5.32 Å². The van der Waals surface area contributed by atoms with Gasteiger partial charge < -0.3 is 15.0 Å². The molecule has 1 saturated carbocycles. The number of aryl methyl sites for hydroxylation is 1. The molecule has 2 unspecified atom stereocenters. The summed E-state index contributed by atoms with van der Waals surface area (Å²) < 4.78 is 5.68. The minimum absolute atomic E-state index is 0.0644. The molecule has 3 fully saturated rings. The highest BCUT2D eigenvalue weighted by molar-refractivity contribution is 5.82. The van der Waals surface area contributed by atoms with Gasteiger partial charge in [0.1, 0.15) is 0 Å². The summed E-state index contributed by atoms with van der Waals surface area (Å²) >= 11 is 0. The number of carbonyl (C=O) groups excluding carboxylic acids is 2. The van der Waals surface area contributed by atoms with Crippen molar-refractivity contribution in [1.82, 2.24) is 15.1 Å². The van der Waals surface area contributed by atoms with Crippen LogP contribution in [-0.4, -0.2) is 73.1 Å². The van der Waals surface area contributed by atoms with Crippen molar-refractivity contribution in [2.24, 2.45) is 5.92 Å². The molecule has 1 aromatic carbocycles. The molecular weight excluding hydrogens is 390 g/mol. The van der Waals surface area contributed by atoms with Gasteiger partial charge in [0, 0.05) is 45.8 Å². The Hall–Kier alpha value is -1.92. The number of rotatable bonds is 8. The predicted molar refractivity (Wildman–Crippen MR) is 121 cm³/mol. The van der Waals surface area contributed by atoms with E-state index in [9.17, 15) is 9.59 Å². The minimum atomic E-state index is -0.0644. The molecule has 2 amide bonds. The van der Waals surface area contributed by atoms with Gasteiger partial charge in [-0.2, -0.15) is 0 Å². The summed E-state index contributed by atoms with van der Waals surface area (Å²) in [6.07, 6.45) is 8.35. The Morgan fingerprint density at radius 1 is 1.00 bits per heavy atom. The zero-order valence-electron chi connectivity index (χ0n) is 18.6. The second kappa shape index (κ2) is 11.1. The van der Waals surface area contributed by atoms with E-state index in [4.69, 9.17) is 4.74 Å². The molecule has 3 aliphatic rings. The number of ether oxygens (including phenoxy) is 1. The van der Waals surface area contributed by atoms with Crippen LogP contribution >= 0.6 is 0 Å². The number of benzene rings is 1. The molecule has 1 aliphatic carbocycles. The average Bonchev–Trinajstić information content (AvgIpc) is 3.52. The molecule has 2 atom stereocenters. The summed E-state index contributed by atoms with van der Waals surface area (Å²) in [5.41, 5.74) is 1.21. The molecule has 1 aromatic rings. The highest BCUT2D eigenvalue weighted by Crippen LogP contribution is 2.31. The van der Waals surface area contributed by atoms with Crippen molar-refractivity contribution in [2.75, 3.05) is 39.3 Å². The maximum Gasteiger partial charge on any atom is 0.237 e. The first-order valence-electron chi connectivity index (χ1n) is 12.2. The Morgan fingerprint density at radius 3 is 2.42 bits per heavy atom. The van der Waals surface area contributed by atoms with Gasteiger partial charge >= 0.3 is 0 Å². The molecule has 1 N–H and O–H groups in total. The maximum atomic E-state index is 13.2. The molecule has 0 radical (unpaired) electrons. The maximum absolute atomic E-state index is 13.2. The Balaban J connectivity index is 1.28. The highest BCUT2D eigenvalue weighted by atomic mass is 16.5. The number of carbonyl (C=O) groups is 2. The molecule has 170 valence electrons. The number of nitrogens with zero attached hydrogens (tertiary/aromatic N) is 2. The Kier molecular flexibility index (Phi) is 7.97. The monoisotopic (exact) mass is 427 g/mol. The fourth-order valence-electron chi connectivity index (χ4n) is 5.38. The molecule has 6 nitrogen and oxygen atoms in total. The summed E-state index contributed by atoms with van der Waals surface area (Å²) in [4.78, 5) is 30.2. The van der Waals surface area contributed by atoms with Crippen molar-refractivity contribution in [3.63, 3.8) is 0 Å². The molecule has 0 spiro atoms. The van der Waals surface area contributed by atoms with Crippen LogP contribution in [0.4, 0.5) is 0 Å². The van der Waals surface area contributed by atoms with Gasteiger partial charge in [0.15, 0.2) is 0 Å². The summed E-state index contributed by atoms with van der Waals surface area (Å²) in [5, 5.41) is 3.19. The van der Waals surface area contributed by atoms with Crippen LogP contribution in [0, 0.1) is 5.92 Å². The van der Waals surface area contributed by atoms with Crippen LogP contribution in [0.2, 0.25) is 0 Å². The van der Waals surface area contributed by atoms with Gasteiger partial charge in [-0.3, -0.25) is 14.5 Å². The smallest absolute Gasteiger partial charge is 0.237 e. The van der Waals surface area contributed by atoms with Gasteiger partial charge in [0.2, 0.25) is 11.8 Å². The van der Waals surface area contributed by atoms with E-state index in [2.05, 4.69) is 22.3 Å². The summed E-state index contributed by atoms with van der Waals surface area (Å²) in [7, 11) is 0. The van der Waals surface area contributed by atoms with E-state index in [0.29, 0.717) is 18.9 Å². The second-order valence-corrected chi connectivity index (χ2v) is 9.27. The van der Waals surface area contributed by atoms with E-state index in [1.165, 1.54) is 18.4 Å². The van der Waals surface area contributed by atoms with Gasteiger partial charge in [0.25, 0.3) is 0 Å². The van der Waals surface area contributed by atoms with Crippen LogP contribution in [-0.2, 0) is 20.7 Å². The Bertz CT molecular complexity index is 706. The zero-order chi connectivity index (χ0) is 21.5. The Morgan fingerprint density at radius 2 is 1.74 bits per heavy atom. The van der Waals surface area contributed by atoms with Gasteiger partial charge in [0.05, 0.1) is 12.1 Å². The van der Waals surface area contributed by atoms with Crippen molar-refractivity contribution in [1.29, 1.82) is 0 Å². The normalized spacial score (nSPS) is 23.7. The molecule has 2 saturated heterocycles. The number of nitrogens with one attached hydrogen (secondary N) is 1. The van der Waals surface area contributed by atoms with Crippen molar-refractivity contribution in [2.45, 2.75) is 63.5 Å². The SMILES string of the molecule is O=C(NCC1CCCO1)C(C1CCCC1)N1CCN(C(=O)CCc2ccccc2)CC1. The Labute approximate surface area is 186 Å². The van der Waals surface area contributed by atoms with E-state index < -0.39 is 0 Å². The lowest BCUT2D eigenvalue weighted by molar-refractivity contribution is -0.135. The van der Waals surface area contributed by atoms with Gasteiger partial charge in [-0.25, -0.2) is 0 Å². The molecule has 0 bridgehead atoms. The predicted octanol–water partition coefficient (Wildman–Crippen LogP) is 2.62. The lowest BCUT2D eigenvalue weighted by Crippen LogP contribution is -2.58. The molecule has 0 aromatic heterocycles. The minimum Gasteiger partial charge on any atom is -0.376 e. The number of amides is 2. The first-order valence-corrected chi connectivity index (χ1v) is 12.2. The first kappa shape index (κ1) is 22.3. The van der Waals surface area contributed by atoms with Crippen LogP contribution in [0.3, 0.4) is 0 Å². The topological polar surface area (TPSA) is 61.9 Å². The third-order valence-electron chi connectivity index (χ3n) is 7.17. The number of hydrogen-bond acceptors (Lipinski definition) is 4. The van der Waals surface area contributed by atoms with Crippen molar-refractivity contribution >= 4 is 11.8 Å². The fourth-order valence-corrected chi connectivity index (χ4v) is 5.38. The van der Waals surface area contributed by atoms with Gasteiger partial charge in [-0.1, -0.05) is 43.2 Å². The summed E-state index contributed by atoms with van der Waals surface area (Å²) in [5.74, 6) is 0.819. The lowest BCUT2D eigenvalue weighted by Gasteiger charge is -2.41. The van der Waals surface area contributed by atoms with Gasteiger partial charge in [-0.15, -0.1) is 0 Å². The van der Waals surface area contributed by atoms with E-state index >= 15 is 0 Å². The largest absolute Gasteiger partial charge is 0.376 e. The fraction of sp³-hybridized carbons (Fsp3) is 0.680. The summed E-state index contributed by atoms with van der Waals surface area (Å²) in [6.45, 7) is 4.44. The van der Waals surface area contributed by atoms with Crippen LogP contribution in [0.1, 0.15) is 50.5 Å². The first-order chi connectivity index (χ1) is 15.2. The summed E-state index contributed by atoms with van der Waals surface area (Å²) in [6, 6.07) is 10.1. The highest BCUT2D eigenvalue weighted by Gasteiger charge is 2.37. The van der Waals surface area contributed by atoms with E-state index in [-0.39, 0.29) is 24.0 Å². The van der Waals surface area contributed by atoms with Crippen LogP contribution in [0.5, 0.6) is 0 Å². The van der Waals surface area contributed by atoms with Crippen LogP contribution in [0.25, 0.3) is 0 Å². The quantitative estimate of drug-likeness (QED) is 0.693. The number of hydrogen-bond donors (Lipinski definition) is 1. The average molecular weight is 428 g/mol. The van der Waals surface area contributed by atoms with Crippen molar-refractivity contribution in [3.05, 3.63) is 35.9 Å². The third kappa shape index (κ3) is 6.07. The van der Waals surface area contributed by atoms with Gasteiger partial charge in [-0.05, 0) is 43.6 Å². The standard InChI is InChI=1S/C25H37N3O3/c29-23(13-12-20-7-2-1-3-8-20)27-14-16-28(17-15-27)24(21-9-4-5-10-21)25(30)26-19-22-11-6-18-31-22/h1-3,7-8,21-22,24H,4-6,9-19H2,(H,26,30). The van der Waals surface area contributed by atoms with E-state index in [0.717, 1.165) is 64.9 Å².